The lowest BCUT2D eigenvalue weighted by atomic mass is 9.95. The predicted octanol–water partition coefficient (Wildman–Crippen LogP) is 3.81. The van der Waals surface area contributed by atoms with Crippen molar-refractivity contribution < 1.29 is 4.74 Å². The molecule has 0 aliphatic heterocycles. The first-order chi connectivity index (χ1) is 8.39. The molecule has 0 radical (unpaired) electrons. The number of ether oxygens (including phenoxy) is 1. The van der Waals surface area contributed by atoms with E-state index >= 15 is 0 Å². The molecule has 0 bridgehead atoms. The minimum absolute atomic E-state index is 0.0741. The largest absolute Gasteiger partial charge is 0.379 e. The van der Waals surface area contributed by atoms with Crippen LogP contribution in [0.25, 0.3) is 0 Å². The van der Waals surface area contributed by atoms with Crippen molar-refractivity contribution in [1.82, 2.24) is 5.43 Å². The molecule has 1 atom stereocenters. The summed E-state index contributed by atoms with van der Waals surface area (Å²) in [6, 6.07) is 5.95. The summed E-state index contributed by atoms with van der Waals surface area (Å²) >= 11 is 9.47. The number of hydrogen-bond donors (Lipinski definition) is 2. The first-order valence-electron chi connectivity index (χ1n) is 5.86. The Labute approximate surface area is 122 Å². The zero-order valence-corrected chi connectivity index (χ0v) is 13.3. The first-order valence-corrected chi connectivity index (χ1v) is 7.03. The summed E-state index contributed by atoms with van der Waals surface area (Å²) in [6.07, 6.45) is 1.79. The van der Waals surface area contributed by atoms with E-state index in [0.29, 0.717) is 5.02 Å². The van der Waals surface area contributed by atoms with Crippen LogP contribution in [0.4, 0.5) is 0 Å². The first kappa shape index (κ1) is 15.9. The fourth-order valence-corrected chi connectivity index (χ4v) is 2.10. The van der Waals surface area contributed by atoms with Gasteiger partial charge in [-0.05, 0) is 60.3 Å². The van der Waals surface area contributed by atoms with Crippen LogP contribution in [0.3, 0.4) is 0 Å². The average molecular weight is 336 g/mol. The maximum absolute atomic E-state index is 6.09. The molecule has 1 aromatic carbocycles. The zero-order chi connectivity index (χ0) is 13.8. The smallest absolute Gasteiger partial charge is 0.0623 e. The fraction of sp³-hybridized carbons (Fsp3) is 0.538. The van der Waals surface area contributed by atoms with Gasteiger partial charge in [0, 0.05) is 17.6 Å². The van der Waals surface area contributed by atoms with Crippen LogP contribution in [-0.2, 0) is 4.74 Å². The number of nitrogens with one attached hydrogen (secondary N) is 1. The Morgan fingerprint density at radius 2 is 2.17 bits per heavy atom. The number of benzene rings is 1. The molecular formula is C13H20BrClN2O. The van der Waals surface area contributed by atoms with Gasteiger partial charge in [-0.1, -0.05) is 17.7 Å². The number of hydrazine groups is 1. The molecule has 0 fully saturated rings. The van der Waals surface area contributed by atoms with Crippen molar-refractivity contribution >= 4 is 27.5 Å². The third-order valence-corrected chi connectivity index (χ3v) is 4.37. The van der Waals surface area contributed by atoms with Gasteiger partial charge in [-0.3, -0.25) is 11.3 Å². The van der Waals surface area contributed by atoms with Gasteiger partial charge < -0.3 is 4.74 Å². The van der Waals surface area contributed by atoms with Crippen molar-refractivity contribution in [2.75, 3.05) is 7.11 Å². The van der Waals surface area contributed by atoms with E-state index in [9.17, 15) is 0 Å². The van der Waals surface area contributed by atoms with Crippen LogP contribution >= 0.6 is 27.5 Å². The van der Waals surface area contributed by atoms with Crippen molar-refractivity contribution in [1.29, 1.82) is 0 Å². The van der Waals surface area contributed by atoms with Gasteiger partial charge in [-0.25, -0.2) is 0 Å². The minimum Gasteiger partial charge on any atom is -0.379 e. The van der Waals surface area contributed by atoms with Gasteiger partial charge in [0.1, 0.15) is 0 Å². The quantitative estimate of drug-likeness (QED) is 0.614. The normalized spacial score (nSPS) is 13.7. The molecule has 0 aromatic heterocycles. The number of hydrogen-bond acceptors (Lipinski definition) is 3. The molecule has 0 aliphatic rings. The fourth-order valence-electron chi connectivity index (χ4n) is 1.67. The monoisotopic (exact) mass is 334 g/mol. The molecule has 1 rings (SSSR count). The second-order valence-corrected chi connectivity index (χ2v) is 6.16. The predicted molar refractivity (Wildman–Crippen MR) is 79.5 cm³/mol. The molecule has 3 N–H and O–H groups in total. The third-order valence-electron chi connectivity index (χ3n) is 3.13. The van der Waals surface area contributed by atoms with Gasteiger partial charge >= 0.3 is 0 Å². The molecule has 1 aromatic rings. The molecule has 0 spiro atoms. The van der Waals surface area contributed by atoms with Gasteiger partial charge in [0.15, 0.2) is 0 Å². The Hall–Kier alpha value is -0.130. The molecule has 0 saturated heterocycles. The summed E-state index contributed by atoms with van der Waals surface area (Å²) in [5, 5.41) is 0.693. The second kappa shape index (κ2) is 6.87. The average Bonchev–Trinajstić information content (AvgIpc) is 2.34. The van der Waals surface area contributed by atoms with E-state index in [4.69, 9.17) is 22.2 Å². The van der Waals surface area contributed by atoms with E-state index in [0.717, 1.165) is 22.9 Å². The Balaban J connectivity index is 2.74. The topological polar surface area (TPSA) is 47.3 Å². The highest BCUT2D eigenvalue weighted by Crippen LogP contribution is 2.29. The molecule has 0 aliphatic carbocycles. The highest BCUT2D eigenvalue weighted by atomic mass is 79.9. The summed E-state index contributed by atoms with van der Waals surface area (Å²) < 4.78 is 6.30. The Morgan fingerprint density at radius 1 is 1.50 bits per heavy atom. The highest BCUT2D eigenvalue weighted by molar-refractivity contribution is 9.10. The van der Waals surface area contributed by atoms with Crippen LogP contribution in [-0.4, -0.2) is 12.7 Å². The van der Waals surface area contributed by atoms with Gasteiger partial charge in [0.25, 0.3) is 0 Å². The zero-order valence-electron chi connectivity index (χ0n) is 11.0. The van der Waals surface area contributed by atoms with Gasteiger partial charge in [0.2, 0.25) is 0 Å². The van der Waals surface area contributed by atoms with E-state index in [2.05, 4.69) is 35.2 Å². The summed E-state index contributed by atoms with van der Waals surface area (Å²) in [5.41, 5.74) is 3.77. The summed E-state index contributed by atoms with van der Waals surface area (Å²) in [6.45, 7) is 4.13. The Bertz CT molecular complexity index is 399. The van der Waals surface area contributed by atoms with Gasteiger partial charge in [-0.2, -0.15) is 0 Å². The van der Waals surface area contributed by atoms with Crippen LogP contribution in [0.2, 0.25) is 5.02 Å². The summed E-state index contributed by atoms with van der Waals surface area (Å²) in [7, 11) is 1.72. The third kappa shape index (κ3) is 4.52. The van der Waals surface area contributed by atoms with Crippen molar-refractivity contribution in [2.45, 2.75) is 38.3 Å². The number of halogens is 2. The standard InChI is InChI=1S/C13H20BrClN2O/c1-13(2,18-3)7-6-12(17-16)9-4-5-10(14)11(15)8-9/h4-5,8,12,17H,6-7,16H2,1-3H3. The molecular weight excluding hydrogens is 316 g/mol. The minimum atomic E-state index is -0.145. The highest BCUT2D eigenvalue weighted by Gasteiger charge is 2.20. The van der Waals surface area contributed by atoms with Gasteiger partial charge in [-0.15, -0.1) is 0 Å². The van der Waals surface area contributed by atoms with Crippen molar-refractivity contribution in [3.05, 3.63) is 33.3 Å². The molecule has 1 unspecified atom stereocenters. The molecule has 0 heterocycles. The molecule has 5 heteroatoms. The lowest BCUT2D eigenvalue weighted by molar-refractivity contribution is 0.0117. The molecule has 102 valence electrons. The Morgan fingerprint density at radius 3 is 2.67 bits per heavy atom. The lowest BCUT2D eigenvalue weighted by Crippen LogP contribution is -2.31. The van der Waals surface area contributed by atoms with Crippen LogP contribution in [0.5, 0.6) is 0 Å². The van der Waals surface area contributed by atoms with Crippen LogP contribution in [0.1, 0.15) is 38.3 Å². The lowest BCUT2D eigenvalue weighted by Gasteiger charge is -2.26. The SMILES string of the molecule is COC(C)(C)CCC(NN)c1ccc(Br)c(Cl)c1. The summed E-state index contributed by atoms with van der Waals surface area (Å²) in [4.78, 5) is 0. The van der Waals surface area contributed by atoms with Crippen molar-refractivity contribution in [3.63, 3.8) is 0 Å². The number of nitrogens with two attached hydrogens (primary N) is 1. The Kier molecular flexibility index (Phi) is 6.08. The van der Waals surface area contributed by atoms with E-state index in [1.807, 2.05) is 18.2 Å². The van der Waals surface area contributed by atoms with E-state index < -0.39 is 0 Å². The maximum atomic E-state index is 6.09. The van der Waals surface area contributed by atoms with Crippen LogP contribution in [0.15, 0.2) is 22.7 Å². The number of rotatable bonds is 6. The molecule has 18 heavy (non-hydrogen) atoms. The molecule has 3 nitrogen and oxygen atoms in total. The maximum Gasteiger partial charge on any atom is 0.0623 e. The van der Waals surface area contributed by atoms with E-state index in [-0.39, 0.29) is 11.6 Å². The van der Waals surface area contributed by atoms with Crippen molar-refractivity contribution in [3.8, 4) is 0 Å². The number of methoxy groups -OCH3 is 1. The van der Waals surface area contributed by atoms with E-state index in [1.165, 1.54) is 0 Å². The van der Waals surface area contributed by atoms with Crippen LogP contribution in [0, 0.1) is 0 Å². The summed E-state index contributed by atoms with van der Waals surface area (Å²) in [5.74, 6) is 5.62. The van der Waals surface area contributed by atoms with Crippen molar-refractivity contribution in [2.24, 2.45) is 5.84 Å². The second-order valence-electron chi connectivity index (χ2n) is 4.90. The molecule has 0 amide bonds. The van der Waals surface area contributed by atoms with Gasteiger partial charge in [0.05, 0.1) is 10.6 Å². The van der Waals surface area contributed by atoms with E-state index in [1.54, 1.807) is 7.11 Å². The molecule has 0 saturated carbocycles. The van der Waals surface area contributed by atoms with Crippen LogP contribution < -0.4 is 11.3 Å².